The number of aromatic nitrogens is 4. The van der Waals surface area contributed by atoms with Gasteiger partial charge in [-0.05, 0) is 30.4 Å². The molecule has 1 amide bonds. The molecule has 2 N–H and O–H groups in total. The van der Waals surface area contributed by atoms with Gasteiger partial charge in [0.05, 0.1) is 22.1 Å². The van der Waals surface area contributed by atoms with E-state index in [9.17, 15) is 4.79 Å². The molecule has 27 heavy (non-hydrogen) atoms. The van der Waals surface area contributed by atoms with E-state index in [-0.39, 0.29) is 11.9 Å². The molecule has 4 rings (SSSR count). The summed E-state index contributed by atoms with van der Waals surface area (Å²) in [6, 6.07) is 2.13. The van der Waals surface area contributed by atoms with Crippen LogP contribution in [0.25, 0.3) is 10.2 Å². The Morgan fingerprint density at radius 3 is 3.11 bits per heavy atom. The molecule has 0 spiro atoms. The number of piperidine rings is 1. The molecule has 3 aromatic rings. The van der Waals surface area contributed by atoms with Crippen LogP contribution in [0.4, 0.5) is 17.5 Å². The van der Waals surface area contributed by atoms with Crippen LogP contribution in [0.1, 0.15) is 12.8 Å². The van der Waals surface area contributed by atoms with Crippen molar-refractivity contribution in [2.75, 3.05) is 23.7 Å². The summed E-state index contributed by atoms with van der Waals surface area (Å²) in [5, 5.41) is 12.9. The van der Waals surface area contributed by atoms with E-state index in [4.69, 9.17) is 0 Å². The van der Waals surface area contributed by atoms with E-state index in [1.165, 1.54) is 6.08 Å². The molecular formula is C18H21N7OS. The summed E-state index contributed by atoms with van der Waals surface area (Å²) in [7, 11) is 1.86. The molecule has 1 saturated heterocycles. The Labute approximate surface area is 160 Å². The van der Waals surface area contributed by atoms with Crippen LogP contribution in [0.15, 0.2) is 36.5 Å². The molecule has 0 aromatic carbocycles. The van der Waals surface area contributed by atoms with Crippen LogP contribution < -0.4 is 10.6 Å². The number of nitrogens with zero attached hydrogens (tertiary/aromatic N) is 5. The van der Waals surface area contributed by atoms with Crippen molar-refractivity contribution in [2.24, 2.45) is 7.05 Å². The second-order valence-corrected chi connectivity index (χ2v) is 7.45. The summed E-state index contributed by atoms with van der Waals surface area (Å²) in [5.41, 5.74) is 1.72. The van der Waals surface area contributed by atoms with Crippen molar-refractivity contribution >= 4 is 44.9 Å². The average molecular weight is 383 g/mol. The van der Waals surface area contributed by atoms with E-state index in [1.807, 2.05) is 29.6 Å². The van der Waals surface area contributed by atoms with Crippen molar-refractivity contribution in [1.82, 2.24) is 24.6 Å². The van der Waals surface area contributed by atoms with Crippen LogP contribution >= 0.6 is 11.3 Å². The second-order valence-electron chi connectivity index (χ2n) is 6.53. The molecule has 140 valence electrons. The molecular weight excluding hydrogens is 362 g/mol. The third kappa shape index (κ3) is 3.77. The molecule has 1 fully saturated rings. The molecule has 0 saturated carbocycles. The Bertz CT molecular complexity index is 979. The number of aryl methyl sites for hydroxylation is 1. The zero-order valence-electron chi connectivity index (χ0n) is 15.1. The highest BCUT2D eigenvalue weighted by Crippen LogP contribution is 2.29. The minimum absolute atomic E-state index is 0.0237. The number of carbonyl (C=O) groups is 1. The first-order chi connectivity index (χ1) is 13.1. The number of anilines is 3. The summed E-state index contributed by atoms with van der Waals surface area (Å²) in [6.07, 6.45) is 6.92. The summed E-state index contributed by atoms with van der Waals surface area (Å²) in [4.78, 5) is 23.0. The average Bonchev–Trinajstić information content (AvgIpc) is 3.30. The van der Waals surface area contributed by atoms with E-state index in [0.717, 1.165) is 41.1 Å². The lowest BCUT2D eigenvalue weighted by Gasteiger charge is -2.32. The Hall–Kier alpha value is -2.94. The van der Waals surface area contributed by atoms with Crippen LogP contribution in [-0.4, -0.2) is 49.7 Å². The summed E-state index contributed by atoms with van der Waals surface area (Å²) in [6.45, 7) is 5.01. The first-order valence-corrected chi connectivity index (χ1v) is 9.69. The lowest BCUT2D eigenvalue weighted by atomic mass is 10.1. The highest BCUT2D eigenvalue weighted by molar-refractivity contribution is 7.17. The van der Waals surface area contributed by atoms with Crippen molar-refractivity contribution < 1.29 is 4.79 Å². The maximum absolute atomic E-state index is 11.9. The van der Waals surface area contributed by atoms with Crippen LogP contribution in [0.5, 0.6) is 0 Å². The van der Waals surface area contributed by atoms with E-state index in [2.05, 4.69) is 32.3 Å². The van der Waals surface area contributed by atoms with Crippen molar-refractivity contribution in [2.45, 2.75) is 18.9 Å². The number of carbonyl (C=O) groups excluding carboxylic acids is 1. The Morgan fingerprint density at radius 2 is 2.33 bits per heavy atom. The zero-order valence-corrected chi connectivity index (χ0v) is 15.9. The maximum Gasteiger partial charge on any atom is 0.246 e. The van der Waals surface area contributed by atoms with E-state index < -0.39 is 0 Å². The molecule has 1 atom stereocenters. The van der Waals surface area contributed by atoms with Crippen molar-refractivity contribution in [3.63, 3.8) is 0 Å². The van der Waals surface area contributed by atoms with Crippen LogP contribution in [-0.2, 0) is 11.8 Å². The molecule has 3 aromatic heterocycles. The lowest BCUT2D eigenvalue weighted by Crippen LogP contribution is -2.44. The molecule has 9 heteroatoms. The smallest absolute Gasteiger partial charge is 0.246 e. The first kappa shape index (κ1) is 17.5. The Balaban J connectivity index is 1.57. The monoisotopic (exact) mass is 383 g/mol. The predicted octanol–water partition coefficient (Wildman–Crippen LogP) is 2.76. The minimum atomic E-state index is -0.0237. The van der Waals surface area contributed by atoms with Gasteiger partial charge in [0.1, 0.15) is 5.82 Å². The largest absolute Gasteiger partial charge is 0.364 e. The predicted molar refractivity (Wildman–Crippen MR) is 107 cm³/mol. The van der Waals surface area contributed by atoms with Gasteiger partial charge in [0.25, 0.3) is 0 Å². The van der Waals surface area contributed by atoms with Gasteiger partial charge in [-0.15, -0.1) is 11.3 Å². The van der Waals surface area contributed by atoms with Gasteiger partial charge in [-0.2, -0.15) is 10.1 Å². The van der Waals surface area contributed by atoms with Gasteiger partial charge in [-0.25, -0.2) is 4.98 Å². The lowest BCUT2D eigenvalue weighted by molar-refractivity contribution is -0.127. The third-order valence-electron chi connectivity index (χ3n) is 4.51. The summed E-state index contributed by atoms with van der Waals surface area (Å²) >= 11 is 1.60. The molecule has 1 aliphatic heterocycles. The number of thiophene rings is 1. The summed E-state index contributed by atoms with van der Waals surface area (Å²) < 4.78 is 2.73. The van der Waals surface area contributed by atoms with Gasteiger partial charge in [0, 0.05) is 32.4 Å². The fraction of sp³-hybridized carbons (Fsp3) is 0.333. The van der Waals surface area contributed by atoms with Gasteiger partial charge >= 0.3 is 0 Å². The number of fused-ring (bicyclic) bond motifs is 1. The van der Waals surface area contributed by atoms with Crippen molar-refractivity contribution in [3.05, 3.63) is 36.5 Å². The number of likely N-dealkylation sites (tertiary alicyclic amines) is 1. The molecule has 0 bridgehead atoms. The van der Waals surface area contributed by atoms with E-state index in [0.29, 0.717) is 12.5 Å². The molecule has 0 unspecified atom stereocenters. The molecule has 8 nitrogen and oxygen atoms in total. The molecule has 4 heterocycles. The van der Waals surface area contributed by atoms with E-state index >= 15 is 0 Å². The van der Waals surface area contributed by atoms with Gasteiger partial charge in [0.15, 0.2) is 0 Å². The topological polar surface area (TPSA) is 88.0 Å². The van der Waals surface area contributed by atoms with Crippen LogP contribution in [0.3, 0.4) is 0 Å². The minimum Gasteiger partial charge on any atom is -0.364 e. The SMILES string of the molecule is C=CC(=O)N1CCC[C@@H](Nc2nc(Nc3cnn(C)c3)nc3ccsc23)C1. The summed E-state index contributed by atoms with van der Waals surface area (Å²) in [5.74, 6) is 1.29. The normalized spacial score (nSPS) is 17.1. The Morgan fingerprint density at radius 1 is 1.44 bits per heavy atom. The Kier molecular flexibility index (Phi) is 4.76. The molecule has 0 aliphatic carbocycles. The number of hydrogen-bond donors (Lipinski definition) is 2. The fourth-order valence-corrected chi connectivity index (χ4v) is 4.03. The molecule has 0 radical (unpaired) electrons. The highest BCUT2D eigenvalue weighted by atomic mass is 32.1. The first-order valence-electron chi connectivity index (χ1n) is 8.81. The number of amides is 1. The molecule has 1 aliphatic rings. The number of hydrogen-bond acceptors (Lipinski definition) is 7. The van der Waals surface area contributed by atoms with Crippen molar-refractivity contribution in [1.29, 1.82) is 0 Å². The maximum atomic E-state index is 11.9. The van der Waals surface area contributed by atoms with Crippen molar-refractivity contribution in [3.8, 4) is 0 Å². The fourth-order valence-electron chi connectivity index (χ4n) is 3.25. The van der Waals surface area contributed by atoms with Gasteiger partial charge < -0.3 is 15.5 Å². The number of rotatable bonds is 5. The van der Waals surface area contributed by atoms with Gasteiger partial charge in [-0.1, -0.05) is 6.58 Å². The standard InChI is InChI=1S/C18H21N7OS/c1-3-15(26)25-7-4-5-12(11-25)20-17-16-14(6-8-27-16)22-18(23-17)21-13-9-19-24(2)10-13/h3,6,8-10,12H,1,4-5,7,11H2,2H3,(H2,20,21,22,23)/t12-/m1/s1. The second kappa shape index (κ2) is 7.36. The van der Waals surface area contributed by atoms with Crippen LogP contribution in [0.2, 0.25) is 0 Å². The third-order valence-corrected chi connectivity index (χ3v) is 5.42. The zero-order chi connectivity index (χ0) is 18.8. The quantitative estimate of drug-likeness (QED) is 0.659. The van der Waals surface area contributed by atoms with E-state index in [1.54, 1.807) is 22.2 Å². The van der Waals surface area contributed by atoms with Gasteiger partial charge in [0.2, 0.25) is 11.9 Å². The highest BCUT2D eigenvalue weighted by Gasteiger charge is 2.23. The van der Waals surface area contributed by atoms with Gasteiger partial charge in [-0.3, -0.25) is 9.48 Å². The van der Waals surface area contributed by atoms with Crippen LogP contribution in [0, 0.1) is 0 Å². The number of nitrogens with one attached hydrogen (secondary N) is 2.